The first-order valence-electron chi connectivity index (χ1n) is 8.34. The molecule has 2 aromatic carbocycles. The van der Waals surface area contributed by atoms with Crippen LogP contribution < -0.4 is 10.0 Å². The van der Waals surface area contributed by atoms with Crippen LogP contribution in [0.4, 0.5) is 0 Å². The molecule has 0 saturated heterocycles. The van der Waals surface area contributed by atoms with Crippen LogP contribution in [-0.4, -0.2) is 26.2 Å². The summed E-state index contributed by atoms with van der Waals surface area (Å²) >= 11 is 5.90. The maximum Gasteiger partial charge on any atom is 0.252 e. The predicted molar refractivity (Wildman–Crippen MR) is 104 cm³/mol. The van der Waals surface area contributed by atoms with Gasteiger partial charge in [0, 0.05) is 18.5 Å². The molecule has 0 aromatic heterocycles. The monoisotopic (exact) mass is 394 g/mol. The van der Waals surface area contributed by atoms with E-state index in [0.29, 0.717) is 0 Å². The molecular weight excluding hydrogens is 372 g/mol. The van der Waals surface area contributed by atoms with Crippen LogP contribution >= 0.6 is 11.6 Å². The summed E-state index contributed by atoms with van der Waals surface area (Å²) in [5.74, 6) is -0.0635. The van der Waals surface area contributed by atoms with Gasteiger partial charge in [-0.2, -0.15) is 0 Å². The quantitative estimate of drug-likeness (QED) is 0.675. The Morgan fingerprint density at radius 2 is 1.65 bits per heavy atom. The van der Waals surface area contributed by atoms with Crippen molar-refractivity contribution in [3.63, 3.8) is 0 Å². The second kappa shape index (κ2) is 9.16. The zero-order valence-corrected chi connectivity index (χ0v) is 16.3. The lowest BCUT2D eigenvalue weighted by Gasteiger charge is -2.20. The van der Waals surface area contributed by atoms with Crippen LogP contribution in [0.25, 0.3) is 0 Å². The van der Waals surface area contributed by atoms with Crippen molar-refractivity contribution in [3.05, 3.63) is 65.7 Å². The van der Waals surface area contributed by atoms with Gasteiger partial charge in [-0.05, 0) is 23.6 Å². The standard InChI is InChI=1S/C19H23ClN2O3S/c1-14(2)17(12-20)22-19(23)16-10-6-7-11-18(16)26(24,25)21-13-15-8-4-3-5-9-15/h3-11,14,17,21H,12-13H2,1-2H3,(H,22,23)/t17-/m1/s1. The van der Waals surface area contributed by atoms with Gasteiger partial charge in [-0.25, -0.2) is 13.1 Å². The first-order valence-corrected chi connectivity index (χ1v) is 10.4. The Bertz CT molecular complexity index is 839. The van der Waals surface area contributed by atoms with Crippen molar-refractivity contribution in [3.8, 4) is 0 Å². The number of carbonyl (C=O) groups is 1. The normalized spacial score (nSPS) is 12.8. The third-order valence-electron chi connectivity index (χ3n) is 4.02. The molecule has 0 aliphatic rings. The fourth-order valence-electron chi connectivity index (χ4n) is 2.37. The molecule has 2 rings (SSSR count). The van der Waals surface area contributed by atoms with E-state index in [2.05, 4.69) is 10.0 Å². The van der Waals surface area contributed by atoms with Gasteiger partial charge in [-0.15, -0.1) is 11.6 Å². The smallest absolute Gasteiger partial charge is 0.252 e. The minimum atomic E-state index is -3.84. The highest BCUT2D eigenvalue weighted by Crippen LogP contribution is 2.17. The maximum atomic E-state index is 12.7. The lowest BCUT2D eigenvalue weighted by atomic mass is 10.1. The number of halogens is 1. The Kier molecular flexibility index (Phi) is 7.20. The average molecular weight is 395 g/mol. The molecule has 2 N–H and O–H groups in total. The van der Waals surface area contributed by atoms with Gasteiger partial charge >= 0.3 is 0 Å². The number of hydrogen-bond acceptors (Lipinski definition) is 3. The molecule has 0 aliphatic carbocycles. The molecule has 2 aromatic rings. The van der Waals surface area contributed by atoms with Crippen LogP contribution in [0.3, 0.4) is 0 Å². The van der Waals surface area contributed by atoms with Crippen LogP contribution in [0, 0.1) is 5.92 Å². The Morgan fingerprint density at radius 3 is 2.27 bits per heavy atom. The van der Waals surface area contributed by atoms with Crippen molar-refractivity contribution in [2.75, 3.05) is 5.88 Å². The molecule has 7 heteroatoms. The summed E-state index contributed by atoms with van der Waals surface area (Å²) in [4.78, 5) is 12.5. The lowest BCUT2D eigenvalue weighted by Crippen LogP contribution is -2.40. The van der Waals surface area contributed by atoms with E-state index in [1.54, 1.807) is 12.1 Å². The minimum absolute atomic E-state index is 0.0505. The first kappa shape index (κ1) is 20.4. The molecule has 0 heterocycles. The Morgan fingerprint density at radius 1 is 1.04 bits per heavy atom. The van der Waals surface area contributed by atoms with Gasteiger partial charge in [0.05, 0.1) is 10.5 Å². The number of benzene rings is 2. The molecule has 0 spiro atoms. The zero-order chi connectivity index (χ0) is 19.2. The molecule has 0 radical (unpaired) electrons. The Hall–Kier alpha value is -1.89. The molecule has 26 heavy (non-hydrogen) atoms. The highest BCUT2D eigenvalue weighted by Gasteiger charge is 2.24. The van der Waals surface area contributed by atoms with Crippen LogP contribution in [0.5, 0.6) is 0 Å². The van der Waals surface area contributed by atoms with Gasteiger partial charge in [0.25, 0.3) is 5.91 Å². The largest absolute Gasteiger partial charge is 0.348 e. The second-order valence-corrected chi connectivity index (χ2v) is 8.33. The van der Waals surface area contributed by atoms with Crippen LogP contribution in [0.15, 0.2) is 59.5 Å². The van der Waals surface area contributed by atoms with Crippen molar-refractivity contribution in [2.24, 2.45) is 5.92 Å². The number of amides is 1. The van der Waals surface area contributed by atoms with Crippen molar-refractivity contribution >= 4 is 27.5 Å². The average Bonchev–Trinajstić information content (AvgIpc) is 2.65. The molecule has 1 amide bonds. The molecular formula is C19H23ClN2O3S. The van der Waals surface area contributed by atoms with Crippen molar-refractivity contribution in [1.82, 2.24) is 10.0 Å². The summed E-state index contributed by atoms with van der Waals surface area (Å²) in [5.41, 5.74) is 0.934. The van der Waals surface area contributed by atoms with Gasteiger partial charge in [0.15, 0.2) is 0 Å². The first-order chi connectivity index (χ1) is 12.3. The number of hydrogen-bond donors (Lipinski definition) is 2. The fourth-order valence-corrected chi connectivity index (χ4v) is 4.02. The highest BCUT2D eigenvalue weighted by atomic mass is 35.5. The maximum absolute atomic E-state index is 12.7. The van der Waals surface area contributed by atoms with Gasteiger partial charge in [-0.1, -0.05) is 56.3 Å². The van der Waals surface area contributed by atoms with E-state index in [9.17, 15) is 13.2 Å². The molecule has 5 nitrogen and oxygen atoms in total. The van der Waals surface area contributed by atoms with Crippen molar-refractivity contribution in [1.29, 1.82) is 0 Å². The number of rotatable bonds is 8. The second-order valence-electron chi connectivity index (χ2n) is 6.28. The van der Waals surface area contributed by atoms with E-state index in [4.69, 9.17) is 11.6 Å². The molecule has 0 saturated carbocycles. The Balaban J connectivity index is 2.22. The summed E-state index contributed by atoms with van der Waals surface area (Å²) in [7, 11) is -3.84. The van der Waals surface area contributed by atoms with E-state index in [-0.39, 0.29) is 34.8 Å². The van der Waals surface area contributed by atoms with Crippen molar-refractivity contribution < 1.29 is 13.2 Å². The number of nitrogens with one attached hydrogen (secondary N) is 2. The van der Waals surface area contributed by atoms with E-state index in [0.717, 1.165) is 5.56 Å². The molecule has 140 valence electrons. The molecule has 1 atom stereocenters. The van der Waals surface area contributed by atoms with E-state index >= 15 is 0 Å². The number of sulfonamides is 1. The van der Waals surface area contributed by atoms with Gasteiger partial charge in [0.2, 0.25) is 10.0 Å². The SMILES string of the molecule is CC(C)[C@@H](CCl)NC(=O)c1ccccc1S(=O)(=O)NCc1ccccc1. The topological polar surface area (TPSA) is 75.3 Å². The molecule has 0 unspecified atom stereocenters. The summed E-state index contributed by atoms with van der Waals surface area (Å²) in [6.45, 7) is 4.03. The van der Waals surface area contributed by atoms with E-state index in [1.165, 1.54) is 12.1 Å². The van der Waals surface area contributed by atoms with E-state index < -0.39 is 15.9 Å². The summed E-state index contributed by atoms with van der Waals surface area (Å²) < 4.78 is 27.9. The van der Waals surface area contributed by atoms with Crippen molar-refractivity contribution in [2.45, 2.75) is 31.3 Å². The summed E-state index contributed by atoms with van der Waals surface area (Å²) in [6.07, 6.45) is 0. The lowest BCUT2D eigenvalue weighted by molar-refractivity contribution is 0.0928. The molecule has 0 fully saturated rings. The predicted octanol–water partition coefficient (Wildman–Crippen LogP) is 3.16. The Labute approximate surface area is 159 Å². The van der Waals surface area contributed by atoms with Gasteiger partial charge in [0.1, 0.15) is 0 Å². The van der Waals surface area contributed by atoms with Gasteiger partial charge in [-0.3, -0.25) is 4.79 Å². The van der Waals surface area contributed by atoms with E-state index in [1.807, 2.05) is 44.2 Å². The minimum Gasteiger partial charge on any atom is -0.348 e. The fraction of sp³-hybridized carbons (Fsp3) is 0.316. The van der Waals surface area contributed by atoms with Crippen LogP contribution in [0.2, 0.25) is 0 Å². The number of carbonyl (C=O) groups excluding carboxylic acids is 1. The summed E-state index contributed by atoms with van der Waals surface area (Å²) in [6, 6.07) is 15.1. The summed E-state index contributed by atoms with van der Waals surface area (Å²) in [5, 5.41) is 2.81. The molecule has 0 bridgehead atoms. The van der Waals surface area contributed by atoms with Crippen LogP contribution in [-0.2, 0) is 16.6 Å². The zero-order valence-electron chi connectivity index (χ0n) is 14.8. The van der Waals surface area contributed by atoms with Gasteiger partial charge < -0.3 is 5.32 Å². The third kappa shape index (κ3) is 5.30. The molecule has 0 aliphatic heterocycles. The highest BCUT2D eigenvalue weighted by molar-refractivity contribution is 7.89. The number of alkyl halides is 1. The van der Waals surface area contributed by atoms with Crippen LogP contribution in [0.1, 0.15) is 29.8 Å². The third-order valence-corrected chi connectivity index (χ3v) is 5.81.